The zero-order valence-corrected chi connectivity index (χ0v) is 19.6. The van der Waals surface area contributed by atoms with Crippen LogP contribution in [0.15, 0.2) is 41.2 Å². The first kappa shape index (κ1) is 19.6. The van der Waals surface area contributed by atoms with Gasteiger partial charge >= 0.3 is 0 Å². The highest BCUT2D eigenvalue weighted by Gasteiger charge is 2.40. The number of methoxy groups -OCH3 is 1. The molecule has 3 heterocycles. The van der Waals surface area contributed by atoms with Crippen molar-refractivity contribution in [3.05, 3.63) is 68.7 Å². The van der Waals surface area contributed by atoms with Crippen LogP contribution in [0.1, 0.15) is 40.7 Å². The molecule has 7 nitrogen and oxygen atoms in total. The van der Waals surface area contributed by atoms with Gasteiger partial charge in [-0.15, -0.1) is 0 Å². The fourth-order valence-electron chi connectivity index (χ4n) is 4.44. The van der Waals surface area contributed by atoms with Crippen molar-refractivity contribution in [2.75, 3.05) is 20.1 Å². The third kappa shape index (κ3) is 4.23. The molecular weight excluding hydrogens is 442 g/mol. The Bertz CT molecular complexity index is 1350. The smallest absolute Gasteiger partial charge is 0.257 e. The Morgan fingerprint density at radius 2 is 1.97 bits per heavy atom. The predicted molar refractivity (Wildman–Crippen MR) is 128 cm³/mol. The van der Waals surface area contributed by atoms with Crippen LogP contribution in [0.3, 0.4) is 0 Å². The molecule has 1 aromatic carbocycles. The summed E-state index contributed by atoms with van der Waals surface area (Å²) < 4.78 is 36.4. The zero-order chi connectivity index (χ0) is 26.3. The Morgan fingerprint density at radius 1 is 1.27 bits per heavy atom. The third-order valence-electron chi connectivity index (χ3n) is 6.37. The second-order valence-electron chi connectivity index (χ2n) is 8.38. The van der Waals surface area contributed by atoms with Gasteiger partial charge in [-0.3, -0.25) is 9.59 Å². The van der Waals surface area contributed by atoms with Crippen molar-refractivity contribution in [1.29, 1.82) is 0 Å². The fourth-order valence-corrected chi connectivity index (χ4v) is 4.71. The summed E-state index contributed by atoms with van der Waals surface area (Å²) in [4.78, 5) is 31.6. The van der Waals surface area contributed by atoms with E-state index in [1.54, 1.807) is 24.9 Å². The molecule has 3 aromatic rings. The first-order chi connectivity index (χ1) is 16.9. The highest BCUT2D eigenvalue weighted by molar-refractivity contribution is 6.34. The van der Waals surface area contributed by atoms with Crippen LogP contribution < -0.4 is 10.3 Å². The van der Waals surface area contributed by atoms with Crippen molar-refractivity contribution in [1.82, 2.24) is 14.5 Å². The number of carbonyl (C=O) groups is 1. The van der Waals surface area contributed by atoms with E-state index in [0.29, 0.717) is 22.3 Å². The Kier molecular flexibility index (Phi) is 5.43. The van der Waals surface area contributed by atoms with Gasteiger partial charge in [0.2, 0.25) is 5.91 Å². The minimum absolute atomic E-state index is 0.119. The monoisotopic (exact) mass is 472 g/mol. The number of rotatable bonds is 5. The van der Waals surface area contributed by atoms with Gasteiger partial charge in [0.15, 0.2) is 5.75 Å². The van der Waals surface area contributed by atoms with Gasteiger partial charge < -0.3 is 18.9 Å². The van der Waals surface area contributed by atoms with Gasteiger partial charge in [-0.1, -0.05) is 41.9 Å². The molecule has 1 aliphatic heterocycles. The number of amides is 1. The lowest BCUT2D eigenvalue weighted by Gasteiger charge is -2.40. The number of likely N-dealkylation sites (tertiary alicyclic amines) is 1. The second-order valence-corrected chi connectivity index (χ2v) is 8.74. The number of benzene rings is 1. The lowest BCUT2D eigenvalue weighted by molar-refractivity contribution is -0.135. The van der Waals surface area contributed by atoms with E-state index in [4.69, 9.17) is 25.2 Å². The lowest BCUT2D eigenvalue weighted by atomic mass is 9.84. The molecule has 0 aliphatic carbocycles. The van der Waals surface area contributed by atoms with Gasteiger partial charge in [0.1, 0.15) is 17.4 Å². The molecule has 0 bridgehead atoms. The van der Waals surface area contributed by atoms with Crippen molar-refractivity contribution in [2.45, 2.75) is 38.9 Å². The van der Waals surface area contributed by atoms with Crippen molar-refractivity contribution in [3.63, 3.8) is 0 Å². The maximum absolute atomic E-state index is 13.7. The van der Waals surface area contributed by atoms with Crippen LogP contribution in [0, 0.1) is 6.92 Å². The maximum atomic E-state index is 13.7. The van der Waals surface area contributed by atoms with Crippen LogP contribution in [0.4, 0.5) is 0 Å². The summed E-state index contributed by atoms with van der Waals surface area (Å²) in [6.07, 6.45) is 0.306. The average Bonchev–Trinajstić information content (AvgIpc) is 2.81. The van der Waals surface area contributed by atoms with E-state index in [0.717, 1.165) is 5.56 Å². The molecule has 0 radical (unpaired) electrons. The van der Waals surface area contributed by atoms with Crippen molar-refractivity contribution >= 4 is 28.4 Å². The van der Waals surface area contributed by atoms with E-state index >= 15 is 0 Å². The standard InChI is InChI=1S/C25H28ClN3O4/c1-16-22(33-15-18-8-6-5-7-9-18)21-19(23(26)27-16)14-20(24(31)28(21)3)25(32-4)10-12-29(13-11-25)17(2)30/h5-9,14H,10-13,15H2,1-4H3/i4D3. The summed E-state index contributed by atoms with van der Waals surface area (Å²) in [5.74, 6) is 0.299. The number of hydrogen-bond donors (Lipinski definition) is 0. The first-order valence-electron chi connectivity index (χ1n) is 12.2. The molecule has 33 heavy (non-hydrogen) atoms. The van der Waals surface area contributed by atoms with E-state index in [2.05, 4.69) is 4.98 Å². The highest BCUT2D eigenvalue weighted by atomic mass is 35.5. The number of carbonyl (C=O) groups excluding carboxylic acids is 1. The number of nitrogens with zero attached hydrogens (tertiary/aromatic N) is 3. The third-order valence-corrected chi connectivity index (χ3v) is 6.66. The minimum atomic E-state index is -2.75. The summed E-state index contributed by atoms with van der Waals surface area (Å²) in [6.45, 7) is 4.00. The topological polar surface area (TPSA) is 73.7 Å². The molecule has 1 aliphatic rings. The first-order valence-corrected chi connectivity index (χ1v) is 11.1. The Labute approximate surface area is 202 Å². The summed E-state index contributed by atoms with van der Waals surface area (Å²) in [7, 11) is -1.16. The molecule has 1 amide bonds. The number of aryl methyl sites for hydroxylation is 2. The van der Waals surface area contributed by atoms with Crippen LogP contribution in [-0.2, 0) is 28.8 Å². The van der Waals surface area contributed by atoms with Gasteiger partial charge in [0.05, 0.1) is 20.9 Å². The van der Waals surface area contributed by atoms with Crippen LogP contribution in [0.2, 0.25) is 5.15 Å². The number of aromatic nitrogens is 2. The average molecular weight is 473 g/mol. The normalized spacial score (nSPS) is 17.3. The van der Waals surface area contributed by atoms with E-state index in [9.17, 15) is 9.59 Å². The molecule has 8 heteroatoms. The zero-order valence-electron chi connectivity index (χ0n) is 21.9. The van der Waals surface area contributed by atoms with Crippen LogP contribution in [0.25, 0.3) is 10.9 Å². The Morgan fingerprint density at radius 3 is 2.61 bits per heavy atom. The molecule has 4 rings (SSSR count). The van der Waals surface area contributed by atoms with E-state index in [1.807, 2.05) is 30.3 Å². The summed E-state index contributed by atoms with van der Waals surface area (Å²) >= 11 is 6.54. The van der Waals surface area contributed by atoms with Gasteiger partial charge in [-0.25, -0.2) is 4.98 Å². The molecule has 1 fully saturated rings. The number of halogens is 1. The van der Waals surface area contributed by atoms with Crippen LogP contribution in [0.5, 0.6) is 5.75 Å². The van der Waals surface area contributed by atoms with Crippen molar-refractivity contribution in [3.8, 4) is 5.75 Å². The van der Waals surface area contributed by atoms with Crippen LogP contribution in [-0.4, -0.2) is 40.5 Å². The molecule has 0 spiro atoms. The van der Waals surface area contributed by atoms with E-state index in [1.165, 1.54) is 11.5 Å². The van der Waals surface area contributed by atoms with Gasteiger partial charge in [-0.2, -0.15) is 0 Å². The molecule has 0 N–H and O–H groups in total. The maximum Gasteiger partial charge on any atom is 0.257 e. The van der Waals surface area contributed by atoms with Gasteiger partial charge in [-0.05, 0) is 31.4 Å². The largest absolute Gasteiger partial charge is 0.485 e. The SMILES string of the molecule is [2H]C([2H])([2H])OC1(c2cc3c(Cl)nc(C)c(OCc4ccccc4)c3n(C)c2=O)CCN(C(C)=O)CC1. The summed E-state index contributed by atoms with van der Waals surface area (Å²) in [5, 5.41) is 0.613. The Hall–Kier alpha value is -2.90. The quantitative estimate of drug-likeness (QED) is 0.525. The predicted octanol–water partition coefficient (Wildman–Crippen LogP) is 3.96. The van der Waals surface area contributed by atoms with Crippen molar-refractivity contribution in [2.24, 2.45) is 7.05 Å². The summed E-state index contributed by atoms with van der Waals surface area (Å²) in [5.41, 5.74) is 0.257. The molecule has 0 unspecified atom stereocenters. The highest BCUT2D eigenvalue weighted by Crippen LogP contribution is 2.38. The Balaban J connectivity index is 1.85. The number of pyridine rings is 2. The molecule has 0 atom stereocenters. The molecule has 0 saturated carbocycles. The number of ether oxygens (including phenoxy) is 2. The summed E-state index contributed by atoms with van der Waals surface area (Å²) in [6, 6.07) is 11.2. The minimum Gasteiger partial charge on any atom is -0.485 e. The van der Waals surface area contributed by atoms with Gasteiger partial charge in [0.25, 0.3) is 5.56 Å². The van der Waals surface area contributed by atoms with Crippen molar-refractivity contribution < 1.29 is 18.4 Å². The molecule has 174 valence electrons. The van der Waals surface area contributed by atoms with Gasteiger partial charge in [0, 0.05) is 39.5 Å². The molecule has 2 aromatic heterocycles. The molecule has 1 saturated heterocycles. The lowest BCUT2D eigenvalue weighted by Crippen LogP contribution is -2.48. The second kappa shape index (κ2) is 9.15. The number of piperidine rings is 1. The van der Waals surface area contributed by atoms with Crippen LogP contribution >= 0.6 is 11.6 Å². The number of fused-ring (bicyclic) bond motifs is 1. The fraction of sp³-hybridized carbons (Fsp3) is 0.400. The molecular formula is C25H28ClN3O4. The van der Waals surface area contributed by atoms with E-state index < -0.39 is 18.2 Å². The van der Waals surface area contributed by atoms with E-state index in [-0.39, 0.29) is 49.2 Å². The number of hydrogen-bond acceptors (Lipinski definition) is 5.